The molecule has 0 aliphatic rings. The minimum atomic E-state index is -0.0256. The van der Waals surface area contributed by atoms with Crippen LogP contribution in [0.3, 0.4) is 0 Å². The molecule has 0 saturated heterocycles. The fraction of sp³-hybridized carbons (Fsp3) is 0.467. The molecular weight excluding hydrogens is 258 g/mol. The van der Waals surface area contributed by atoms with Crippen LogP contribution in [0.5, 0.6) is 0 Å². The van der Waals surface area contributed by atoms with Crippen LogP contribution in [0.2, 0.25) is 0 Å². The molecule has 104 valence electrons. The molecule has 0 aromatic heterocycles. The third-order valence-corrected chi connectivity index (χ3v) is 3.71. The monoisotopic (exact) mass is 279 g/mol. The minimum absolute atomic E-state index is 0.0256. The molecule has 0 atom stereocenters. The first-order valence-electron chi connectivity index (χ1n) is 6.55. The Morgan fingerprint density at radius 2 is 2.05 bits per heavy atom. The van der Waals surface area contributed by atoms with Crippen molar-refractivity contribution < 1.29 is 9.59 Å². The number of carbonyl (C=O) groups is 2. The summed E-state index contributed by atoms with van der Waals surface area (Å²) in [6, 6.07) is 5.64. The molecule has 1 N–H and O–H groups in total. The van der Waals surface area contributed by atoms with Crippen molar-refractivity contribution in [2.75, 3.05) is 6.54 Å². The normalized spacial score (nSPS) is 10.3. The van der Waals surface area contributed by atoms with Crippen LogP contribution in [0, 0.1) is 6.92 Å². The lowest BCUT2D eigenvalue weighted by atomic mass is 10.1. The van der Waals surface area contributed by atoms with E-state index >= 15 is 0 Å². The maximum absolute atomic E-state index is 11.9. The lowest BCUT2D eigenvalue weighted by Crippen LogP contribution is -2.24. The third kappa shape index (κ3) is 5.47. The highest BCUT2D eigenvalue weighted by atomic mass is 32.2. The molecule has 0 bridgehead atoms. The molecule has 19 heavy (non-hydrogen) atoms. The van der Waals surface area contributed by atoms with Gasteiger partial charge in [-0.05, 0) is 36.6 Å². The van der Waals surface area contributed by atoms with E-state index in [1.54, 1.807) is 6.92 Å². The van der Waals surface area contributed by atoms with E-state index in [1.807, 2.05) is 25.1 Å². The van der Waals surface area contributed by atoms with Gasteiger partial charge in [0, 0.05) is 24.8 Å². The molecule has 0 saturated carbocycles. The molecule has 1 rings (SSSR count). The molecule has 0 spiro atoms. The zero-order valence-electron chi connectivity index (χ0n) is 11.8. The number of thioether (sulfide) groups is 1. The zero-order valence-corrected chi connectivity index (χ0v) is 12.6. The Morgan fingerprint density at radius 3 is 2.63 bits per heavy atom. The molecule has 1 amide bonds. The van der Waals surface area contributed by atoms with Gasteiger partial charge in [0.05, 0.1) is 0 Å². The van der Waals surface area contributed by atoms with Crippen LogP contribution < -0.4 is 5.32 Å². The van der Waals surface area contributed by atoms with Crippen molar-refractivity contribution in [2.45, 2.75) is 39.4 Å². The lowest BCUT2D eigenvalue weighted by Gasteiger charge is -2.08. The molecule has 0 fully saturated rings. The van der Waals surface area contributed by atoms with E-state index in [0.29, 0.717) is 11.3 Å². The predicted molar refractivity (Wildman–Crippen MR) is 80.4 cm³/mol. The molecule has 1 aromatic rings. The van der Waals surface area contributed by atoms with E-state index in [0.717, 1.165) is 30.5 Å². The summed E-state index contributed by atoms with van der Waals surface area (Å²) in [5.74, 6) is 0.640. The van der Waals surface area contributed by atoms with Crippen LogP contribution >= 0.6 is 11.8 Å². The van der Waals surface area contributed by atoms with Crippen LogP contribution in [-0.4, -0.2) is 17.6 Å². The van der Waals surface area contributed by atoms with Crippen LogP contribution in [0.25, 0.3) is 0 Å². The SMILES string of the molecule is CCCCNC(=O)c1ccc(CSC(C)=O)c(C)c1. The summed E-state index contributed by atoms with van der Waals surface area (Å²) in [6.45, 7) is 6.35. The Morgan fingerprint density at radius 1 is 1.32 bits per heavy atom. The number of amides is 1. The number of carbonyl (C=O) groups excluding carboxylic acids is 2. The smallest absolute Gasteiger partial charge is 0.251 e. The van der Waals surface area contributed by atoms with Gasteiger partial charge >= 0.3 is 0 Å². The second-order valence-electron chi connectivity index (χ2n) is 4.53. The highest BCUT2D eigenvalue weighted by molar-refractivity contribution is 8.12. The Labute approximate surface area is 119 Å². The number of hydrogen-bond acceptors (Lipinski definition) is 3. The van der Waals surface area contributed by atoms with E-state index < -0.39 is 0 Å². The summed E-state index contributed by atoms with van der Waals surface area (Å²) in [4.78, 5) is 22.8. The number of hydrogen-bond donors (Lipinski definition) is 1. The van der Waals surface area contributed by atoms with Crippen molar-refractivity contribution in [1.82, 2.24) is 5.32 Å². The van der Waals surface area contributed by atoms with Gasteiger partial charge < -0.3 is 5.32 Å². The largest absolute Gasteiger partial charge is 0.352 e. The Bertz CT molecular complexity index is 457. The van der Waals surface area contributed by atoms with Gasteiger partial charge in [-0.1, -0.05) is 31.2 Å². The second-order valence-corrected chi connectivity index (χ2v) is 5.68. The van der Waals surface area contributed by atoms with Gasteiger partial charge in [-0.2, -0.15) is 0 Å². The number of nitrogens with one attached hydrogen (secondary N) is 1. The summed E-state index contributed by atoms with van der Waals surface area (Å²) in [5, 5.41) is 3.01. The van der Waals surface area contributed by atoms with E-state index in [1.165, 1.54) is 11.8 Å². The average Bonchev–Trinajstić information content (AvgIpc) is 2.37. The van der Waals surface area contributed by atoms with Crippen molar-refractivity contribution in [3.63, 3.8) is 0 Å². The summed E-state index contributed by atoms with van der Waals surface area (Å²) < 4.78 is 0. The highest BCUT2D eigenvalue weighted by Gasteiger charge is 2.07. The predicted octanol–water partition coefficient (Wildman–Crippen LogP) is 3.30. The van der Waals surface area contributed by atoms with Crippen molar-refractivity contribution >= 4 is 22.8 Å². The summed E-state index contributed by atoms with van der Waals surface area (Å²) >= 11 is 1.29. The van der Waals surface area contributed by atoms with Gasteiger partial charge in [-0.3, -0.25) is 9.59 Å². The van der Waals surface area contributed by atoms with Crippen LogP contribution in [0.4, 0.5) is 0 Å². The maximum atomic E-state index is 11.9. The molecular formula is C15H21NO2S. The molecule has 0 aliphatic carbocycles. The van der Waals surface area contributed by atoms with Crippen LogP contribution in [0.1, 0.15) is 48.2 Å². The first kappa shape index (κ1) is 15.8. The fourth-order valence-corrected chi connectivity index (χ4v) is 2.34. The third-order valence-electron chi connectivity index (χ3n) is 2.85. The number of benzene rings is 1. The van der Waals surface area contributed by atoms with Crippen molar-refractivity contribution in [3.05, 3.63) is 34.9 Å². The molecule has 0 unspecified atom stereocenters. The summed E-state index contributed by atoms with van der Waals surface area (Å²) in [7, 11) is 0. The number of rotatable bonds is 6. The Hall–Kier alpha value is -1.29. The number of unbranched alkanes of at least 4 members (excludes halogenated alkanes) is 1. The highest BCUT2D eigenvalue weighted by Crippen LogP contribution is 2.18. The molecule has 1 aromatic carbocycles. The number of aryl methyl sites for hydroxylation is 1. The zero-order chi connectivity index (χ0) is 14.3. The molecule has 3 nitrogen and oxygen atoms in total. The van der Waals surface area contributed by atoms with Crippen LogP contribution in [-0.2, 0) is 10.5 Å². The van der Waals surface area contributed by atoms with Gasteiger partial charge in [-0.15, -0.1) is 0 Å². The summed E-state index contributed by atoms with van der Waals surface area (Å²) in [6.07, 6.45) is 2.07. The molecule has 4 heteroatoms. The van der Waals surface area contributed by atoms with E-state index in [4.69, 9.17) is 0 Å². The van der Waals surface area contributed by atoms with Gasteiger partial charge in [0.15, 0.2) is 5.12 Å². The molecule has 0 heterocycles. The first-order valence-corrected chi connectivity index (χ1v) is 7.54. The van der Waals surface area contributed by atoms with E-state index in [2.05, 4.69) is 12.2 Å². The molecule has 0 radical (unpaired) electrons. The quantitative estimate of drug-likeness (QED) is 0.813. The maximum Gasteiger partial charge on any atom is 0.251 e. The Balaban J connectivity index is 2.65. The van der Waals surface area contributed by atoms with E-state index in [9.17, 15) is 9.59 Å². The van der Waals surface area contributed by atoms with Gasteiger partial charge in [0.1, 0.15) is 0 Å². The summed E-state index contributed by atoms with van der Waals surface area (Å²) in [5.41, 5.74) is 2.84. The minimum Gasteiger partial charge on any atom is -0.352 e. The van der Waals surface area contributed by atoms with Crippen molar-refractivity contribution in [3.8, 4) is 0 Å². The van der Waals surface area contributed by atoms with Gasteiger partial charge in [0.25, 0.3) is 5.91 Å². The van der Waals surface area contributed by atoms with Crippen molar-refractivity contribution in [2.24, 2.45) is 0 Å². The van der Waals surface area contributed by atoms with Gasteiger partial charge in [-0.25, -0.2) is 0 Å². The topological polar surface area (TPSA) is 46.2 Å². The van der Waals surface area contributed by atoms with E-state index in [-0.39, 0.29) is 11.0 Å². The molecule has 0 aliphatic heterocycles. The van der Waals surface area contributed by atoms with Crippen molar-refractivity contribution in [1.29, 1.82) is 0 Å². The average molecular weight is 279 g/mol. The standard InChI is InChI=1S/C15H21NO2S/c1-4-5-8-16-15(18)13-6-7-14(11(2)9-13)10-19-12(3)17/h6-7,9H,4-5,8,10H2,1-3H3,(H,16,18). The fourth-order valence-electron chi connectivity index (χ4n) is 1.66. The Kier molecular flexibility index (Phi) is 6.64. The van der Waals surface area contributed by atoms with Crippen LogP contribution in [0.15, 0.2) is 18.2 Å². The first-order chi connectivity index (χ1) is 9.04. The lowest BCUT2D eigenvalue weighted by molar-refractivity contribution is -0.109. The van der Waals surface area contributed by atoms with Gasteiger partial charge in [0.2, 0.25) is 0 Å². The second kappa shape index (κ2) is 8.00.